The van der Waals surface area contributed by atoms with Crippen molar-refractivity contribution in [2.75, 3.05) is 5.32 Å². The van der Waals surface area contributed by atoms with Gasteiger partial charge in [-0.25, -0.2) is 0 Å². The van der Waals surface area contributed by atoms with E-state index >= 15 is 0 Å². The second-order valence-electron chi connectivity index (χ2n) is 4.51. The maximum atomic E-state index is 12.1. The van der Waals surface area contributed by atoms with Crippen LogP contribution in [0.4, 0.5) is 5.69 Å². The number of carbonyl (C=O) groups excluding carboxylic acids is 1. The lowest BCUT2D eigenvalue weighted by molar-refractivity contribution is 0.102. The highest BCUT2D eigenvalue weighted by molar-refractivity contribution is 6.06. The van der Waals surface area contributed by atoms with Crippen molar-refractivity contribution < 1.29 is 15.0 Å². The molecule has 0 atom stereocenters. The van der Waals surface area contributed by atoms with Crippen molar-refractivity contribution in [3.05, 3.63) is 53.1 Å². The molecule has 0 radical (unpaired) electrons. The molecule has 0 heterocycles. The van der Waals surface area contributed by atoms with E-state index in [1.807, 2.05) is 19.1 Å². The maximum absolute atomic E-state index is 12.1. The van der Waals surface area contributed by atoms with Crippen molar-refractivity contribution in [2.45, 2.75) is 13.5 Å². The van der Waals surface area contributed by atoms with Gasteiger partial charge in [-0.15, -0.1) is 0 Å². The fourth-order valence-electron chi connectivity index (χ4n) is 1.83. The lowest BCUT2D eigenvalue weighted by Gasteiger charge is -2.11. The third-order valence-electron chi connectivity index (χ3n) is 3.01. The van der Waals surface area contributed by atoms with Crippen LogP contribution in [-0.4, -0.2) is 16.1 Å². The third-order valence-corrected chi connectivity index (χ3v) is 3.01. The Hall–Kier alpha value is -2.53. The van der Waals surface area contributed by atoms with Crippen LogP contribution >= 0.6 is 0 Å². The van der Waals surface area contributed by atoms with Crippen molar-refractivity contribution >= 4 is 11.6 Å². The van der Waals surface area contributed by atoms with Crippen LogP contribution < -0.4 is 11.1 Å². The topological polar surface area (TPSA) is 95.6 Å². The molecule has 20 heavy (non-hydrogen) atoms. The highest BCUT2D eigenvalue weighted by Gasteiger charge is 2.13. The van der Waals surface area contributed by atoms with Crippen LogP contribution in [0.15, 0.2) is 36.4 Å². The van der Waals surface area contributed by atoms with Gasteiger partial charge < -0.3 is 21.3 Å². The first kappa shape index (κ1) is 13.9. The van der Waals surface area contributed by atoms with Crippen molar-refractivity contribution in [1.82, 2.24) is 0 Å². The Morgan fingerprint density at radius 1 is 1.20 bits per heavy atom. The minimum atomic E-state index is -0.490. The number of phenolic OH excluding ortho intramolecular Hbond substituents is 2. The van der Waals surface area contributed by atoms with Gasteiger partial charge in [0, 0.05) is 12.2 Å². The SMILES string of the molecule is Cc1ccc(CN)cc1NC(=O)c1cc(O)ccc1O. The van der Waals surface area contributed by atoms with E-state index in [-0.39, 0.29) is 17.1 Å². The lowest BCUT2D eigenvalue weighted by Crippen LogP contribution is -2.13. The number of aromatic hydroxyl groups is 2. The molecule has 0 fully saturated rings. The van der Waals surface area contributed by atoms with Gasteiger partial charge in [0.15, 0.2) is 0 Å². The molecule has 0 aliphatic rings. The summed E-state index contributed by atoms with van der Waals surface area (Å²) < 4.78 is 0. The second-order valence-corrected chi connectivity index (χ2v) is 4.51. The van der Waals surface area contributed by atoms with Gasteiger partial charge in [0.1, 0.15) is 11.5 Å². The predicted octanol–water partition coefficient (Wildman–Crippen LogP) is 2.12. The van der Waals surface area contributed by atoms with Gasteiger partial charge in [-0.1, -0.05) is 12.1 Å². The molecule has 0 aromatic heterocycles. The largest absolute Gasteiger partial charge is 0.508 e. The van der Waals surface area contributed by atoms with E-state index in [9.17, 15) is 15.0 Å². The average Bonchev–Trinajstić information content (AvgIpc) is 2.43. The molecule has 0 saturated carbocycles. The number of aryl methyl sites for hydroxylation is 1. The summed E-state index contributed by atoms with van der Waals surface area (Å²) in [7, 11) is 0. The predicted molar refractivity (Wildman–Crippen MR) is 76.8 cm³/mol. The van der Waals surface area contributed by atoms with E-state index in [2.05, 4.69) is 5.32 Å². The van der Waals surface area contributed by atoms with Gasteiger partial charge in [0.05, 0.1) is 5.56 Å². The van der Waals surface area contributed by atoms with Crippen LogP contribution in [0, 0.1) is 6.92 Å². The van der Waals surface area contributed by atoms with Crippen molar-refractivity contribution in [3.63, 3.8) is 0 Å². The molecule has 0 aliphatic carbocycles. The van der Waals surface area contributed by atoms with Crippen LogP contribution in [0.3, 0.4) is 0 Å². The van der Waals surface area contributed by atoms with Crippen LogP contribution in [-0.2, 0) is 6.54 Å². The second kappa shape index (κ2) is 5.63. The number of phenols is 2. The molecule has 2 aromatic rings. The fourth-order valence-corrected chi connectivity index (χ4v) is 1.83. The monoisotopic (exact) mass is 272 g/mol. The number of carbonyl (C=O) groups is 1. The van der Waals surface area contributed by atoms with Crippen LogP contribution in [0.5, 0.6) is 11.5 Å². The summed E-state index contributed by atoms with van der Waals surface area (Å²) in [6.45, 7) is 2.23. The summed E-state index contributed by atoms with van der Waals surface area (Å²) in [4.78, 5) is 12.1. The number of benzene rings is 2. The Morgan fingerprint density at radius 2 is 1.95 bits per heavy atom. The number of anilines is 1. The number of hydrogen-bond acceptors (Lipinski definition) is 4. The standard InChI is InChI=1S/C15H16N2O3/c1-9-2-3-10(8-16)6-13(9)17-15(20)12-7-11(18)4-5-14(12)19/h2-7,18-19H,8,16H2,1H3,(H,17,20). The van der Waals surface area contributed by atoms with Gasteiger partial charge in [-0.2, -0.15) is 0 Å². The van der Waals surface area contributed by atoms with Gasteiger partial charge in [-0.3, -0.25) is 4.79 Å². The summed E-state index contributed by atoms with van der Waals surface area (Å²) in [5.74, 6) is -0.760. The normalized spacial score (nSPS) is 10.3. The fraction of sp³-hybridized carbons (Fsp3) is 0.133. The molecule has 0 bridgehead atoms. The van der Waals surface area contributed by atoms with Gasteiger partial charge in [-0.05, 0) is 42.3 Å². The number of amides is 1. The molecule has 0 spiro atoms. The molecule has 5 nitrogen and oxygen atoms in total. The average molecular weight is 272 g/mol. The van der Waals surface area contributed by atoms with Gasteiger partial charge in [0.25, 0.3) is 5.91 Å². The molecular formula is C15H16N2O3. The third kappa shape index (κ3) is 2.89. The first-order valence-electron chi connectivity index (χ1n) is 6.14. The zero-order valence-electron chi connectivity index (χ0n) is 11.1. The molecule has 2 aromatic carbocycles. The highest BCUT2D eigenvalue weighted by Crippen LogP contribution is 2.24. The Labute approximate surface area is 116 Å². The Bertz CT molecular complexity index is 654. The quantitative estimate of drug-likeness (QED) is 0.643. The molecule has 104 valence electrons. The molecule has 0 saturated heterocycles. The smallest absolute Gasteiger partial charge is 0.259 e. The summed E-state index contributed by atoms with van der Waals surface area (Å²) in [6.07, 6.45) is 0. The summed E-state index contributed by atoms with van der Waals surface area (Å²) >= 11 is 0. The maximum Gasteiger partial charge on any atom is 0.259 e. The zero-order chi connectivity index (χ0) is 14.7. The van der Waals surface area contributed by atoms with Gasteiger partial charge in [0.2, 0.25) is 0 Å². The van der Waals surface area contributed by atoms with Crippen molar-refractivity contribution in [3.8, 4) is 11.5 Å². The number of hydrogen-bond donors (Lipinski definition) is 4. The van der Waals surface area contributed by atoms with Crippen LogP contribution in [0.25, 0.3) is 0 Å². The molecule has 5 N–H and O–H groups in total. The van der Waals surface area contributed by atoms with E-state index in [0.29, 0.717) is 12.2 Å². The Kier molecular flexibility index (Phi) is 3.91. The minimum Gasteiger partial charge on any atom is -0.508 e. The number of nitrogens with two attached hydrogens (primary N) is 1. The highest BCUT2D eigenvalue weighted by atomic mass is 16.3. The zero-order valence-corrected chi connectivity index (χ0v) is 11.1. The van der Waals surface area contributed by atoms with E-state index in [4.69, 9.17) is 5.73 Å². The Morgan fingerprint density at radius 3 is 2.65 bits per heavy atom. The summed E-state index contributed by atoms with van der Waals surface area (Å²) in [5, 5.41) is 21.7. The van der Waals surface area contributed by atoms with E-state index in [0.717, 1.165) is 11.1 Å². The molecule has 2 rings (SSSR count). The van der Waals surface area contributed by atoms with E-state index in [1.54, 1.807) is 6.07 Å². The first-order valence-corrected chi connectivity index (χ1v) is 6.14. The van der Waals surface area contributed by atoms with E-state index in [1.165, 1.54) is 18.2 Å². The number of nitrogens with one attached hydrogen (secondary N) is 1. The van der Waals surface area contributed by atoms with Crippen molar-refractivity contribution in [2.24, 2.45) is 5.73 Å². The van der Waals surface area contributed by atoms with Crippen molar-refractivity contribution in [1.29, 1.82) is 0 Å². The minimum absolute atomic E-state index is 0.0163. The summed E-state index contributed by atoms with van der Waals surface area (Å²) in [6, 6.07) is 9.33. The van der Waals surface area contributed by atoms with E-state index < -0.39 is 5.91 Å². The van der Waals surface area contributed by atoms with Crippen LogP contribution in [0.2, 0.25) is 0 Å². The number of rotatable bonds is 3. The summed E-state index contributed by atoms with van der Waals surface area (Å²) in [5.41, 5.74) is 7.99. The molecular weight excluding hydrogens is 256 g/mol. The lowest BCUT2D eigenvalue weighted by atomic mass is 10.1. The van der Waals surface area contributed by atoms with Crippen LogP contribution in [0.1, 0.15) is 21.5 Å². The molecule has 5 heteroatoms. The van der Waals surface area contributed by atoms with Gasteiger partial charge >= 0.3 is 0 Å². The first-order chi connectivity index (χ1) is 9.51. The molecule has 0 unspecified atom stereocenters. The Balaban J connectivity index is 2.30. The molecule has 0 aliphatic heterocycles. The molecule has 1 amide bonds.